The molecule has 0 spiro atoms. The van der Waals surface area contributed by atoms with Crippen LogP contribution in [-0.2, 0) is 4.79 Å². The van der Waals surface area contributed by atoms with Crippen molar-refractivity contribution >= 4 is 29.5 Å². The summed E-state index contributed by atoms with van der Waals surface area (Å²) in [7, 11) is 0. The number of benzene rings is 1. The lowest BCUT2D eigenvalue weighted by Gasteiger charge is -2.12. The van der Waals surface area contributed by atoms with Gasteiger partial charge in [0.25, 0.3) is 11.8 Å². The van der Waals surface area contributed by atoms with E-state index in [1.165, 1.54) is 30.0 Å². The Morgan fingerprint density at radius 3 is 2.48 bits per heavy atom. The molecule has 0 aliphatic rings. The predicted octanol–water partition coefficient (Wildman–Crippen LogP) is -1.69. The highest BCUT2D eigenvalue weighted by atomic mass is 32.2. The van der Waals surface area contributed by atoms with E-state index in [4.69, 9.17) is 27.8 Å². The zero-order valence-electron chi connectivity index (χ0n) is 12.3. The first-order chi connectivity index (χ1) is 10.9. The quantitative estimate of drug-likeness (QED) is 0.154. The van der Waals surface area contributed by atoms with Crippen LogP contribution in [0.2, 0.25) is 0 Å². The van der Waals surface area contributed by atoms with Gasteiger partial charge in [-0.3, -0.25) is 19.8 Å². The average molecular weight is 341 g/mol. The summed E-state index contributed by atoms with van der Waals surface area (Å²) in [5.41, 5.74) is 18.3. The highest BCUT2D eigenvalue weighted by Crippen LogP contribution is 2.20. The fourth-order valence-electron chi connectivity index (χ4n) is 1.60. The molecule has 0 aliphatic heterocycles. The van der Waals surface area contributed by atoms with Crippen molar-refractivity contribution in [3.63, 3.8) is 0 Å². The Kier molecular flexibility index (Phi) is 7.32. The molecule has 9 N–H and O–H groups in total. The SMILES string of the molecule is NNC(=O)C(N)CSCCOc1cc(C(N)=O)ccc1C(N)=O. The van der Waals surface area contributed by atoms with Crippen LogP contribution in [0, 0.1) is 0 Å². The highest BCUT2D eigenvalue weighted by molar-refractivity contribution is 7.99. The topological polar surface area (TPSA) is 177 Å². The lowest BCUT2D eigenvalue weighted by atomic mass is 10.1. The van der Waals surface area contributed by atoms with Gasteiger partial charge in [-0.05, 0) is 18.2 Å². The number of thioether (sulfide) groups is 1. The Labute approximate surface area is 137 Å². The molecular formula is C13H19N5O4S. The Hall–Kier alpha value is -2.30. The van der Waals surface area contributed by atoms with Gasteiger partial charge in [0, 0.05) is 17.1 Å². The monoisotopic (exact) mass is 341 g/mol. The van der Waals surface area contributed by atoms with Crippen LogP contribution in [0.5, 0.6) is 5.75 Å². The van der Waals surface area contributed by atoms with E-state index in [-0.39, 0.29) is 23.5 Å². The van der Waals surface area contributed by atoms with E-state index in [0.717, 1.165) is 0 Å². The maximum atomic E-state index is 11.3. The van der Waals surface area contributed by atoms with Crippen molar-refractivity contribution in [1.29, 1.82) is 0 Å². The van der Waals surface area contributed by atoms with E-state index >= 15 is 0 Å². The second-order valence-electron chi connectivity index (χ2n) is 4.48. The highest BCUT2D eigenvalue weighted by Gasteiger charge is 2.14. The van der Waals surface area contributed by atoms with Gasteiger partial charge >= 0.3 is 0 Å². The summed E-state index contributed by atoms with van der Waals surface area (Å²) in [5, 5.41) is 0. The summed E-state index contributed by atoms with van der Waals surface area (Å²) in [6, 6.07) is 3.42. The number of amides is 3. The molecule has 0 aromatic heterocycles. The van der Waals surface area contributed by atoms with Crippen molar-refractivity contribution in [2.24, 2.45) is 23.0 Å². The van der Waals surface area contributed by atoms with Gasteiger partial charge < -0.3 is 21.9 Å². The van der Waals surface area contributed by atoms with E-state index in [0.29, 0.717) is 11.5 Å². The Morgan fingerprint density at radius 2 is 1.91 bits per heavy atom. The molecule has 0 aliphatic carbocycles. The molecule has 0 saturated heterocycles. The largest absolute Gasteiger partial charge is 0.492 e. The molecule has 0 heterocycles. The van der Waals surface area contributed by atoms with Crippen LogP contribution in [0.3, 0.4) is 0 Å². The Balaban J connectivity index is 2.56. The number of primary amides is 2. The van der Waals surface area contributed by atoms with Gasteiger partial charge in [0.2, 0.25) is 5.91 Å². The fraction of sp³-hybridized carbons (Fsp3) is 0.308. The van der Waals surface area contributed by atoms with Crippen molar-refractivity contribution in [1.82, 2.24) is 5.43 Å². The molecule has 1 rings (SSSR count). The van der Waals surface area contributed by atoms with E-state index < -0.39 is 23.8 Å². The third-order valence-electron chi connectivity index (χ3n) is 2.79. The minimum atomic E-state index is -0.718. The molecule has 0 saturated carbocycles. The summed E-state index contributed by atoms with van der Waals surface area (Å²) in [6.07, 6.45) is 0. The molecule has 3 amide bonds. The molecule has 23 heavy (non-hydrogen) atoms. The van der Waals surface area contributed by atoms with Crippen LogP contribution in [0.1, 0.15) is 20.7 Å². The predicted molar refractivity (Wildman–Crippen MR) is 86.6 cm³/mol. The lowest BCUT2D eigenvalue weighted by molar-refractivity contribution is -0.121. The Bertz CT molecular complexity index is 596. The maximum absolute atomic E-state index is 11.3. The van der Waals surface area contributed by atoms with Gasteiger partial charge in [-0.2, -0.15) is 11.8 Å². The van der Waals surface area contributed by atoms with Crippen LogP contribution in [0.15, 0.2) is 18.2 Å². The molecule has 0 bridgehead atoms. The van der Waals surface area contributed by atoms with E-state index in [1.807, 2.05) is 5.43 Å². The zero-order chi connectivity index (χ0) is 17.4. The van der Waals surface area contributed by atoms with Crippen LogP contribution in [0.25, 0.3) is 0 Å². The minimum absolute atomic E-state index is 0.152. The molecule has 10 heteroatoms. The number of ether oxygens (including phenoxy) is 1. The number of hydrogen-bond donors (Lipinski definition) is 5. The van der Waals surface area contributed by atoms with Crippen molar-refractivity contribution < 1.29 is 19.1 Å². The molecule has 1 aromatic carbocycles. The molecule has 9 nitrogen and oxygen atoms in total. The fourth-order valence-corrected chi connectivity index (χ4v) is 2.38. The van der Waals surface area contributed by atoms with Crippen molar-refractivity contribution in [3.8, 4) is 5.75 Å². The average Bonchev–Trinajstić information content (AvgIpc) is 2.52. The summed E-state index contributed by atoms with van der Waals surface area (Å²) in [4.78, 5) is 33.6. The first-order valence-corrected chi connectivity index (χ1v) is 7.72. The smallest absolute Gasteiger partial charge is 0.252 e. The molecule has 126 valence electrons. The van der Waals surface area contributed by atoms with Crippen molar-refractivity contribution in [2.45, 2.75) is 6.04 Å². The van der Waals surface area contributed by atoms with Gasteiger partial charge in [-0.1, -0.05) is 0 Å². The molecule has 1 aromatic rings. The number of carbonyl (C=O) groups is 3. The van der Waals surface area contributed by atoms with Crippen LogP contribution in [0.4, 0.5) is 0 Å². The molecule has 1 unspecified atom stereocenters. The number of carbonyl (C=O) groups excluding carboxylic acids is 3. The first kappa shape index (κ1) is 18.7. The first-order valence-electron chi connectivity index (χ1n) is 6.57. The van der Waals surface area contributed by atoms with Crippen LogP contribution < -0.4 is 33.2 Å². The second kappa shape index (κ2) is 8.98. The number of hydrazine groups is 1. The minimum Gasteiger partial charge on any atom is -0.492 e. The van der Waals surface area contributed by atoms with Gasteiger partial charge in [-0.15, -0.1) is 0 Å². The summed E-state index contributed by atoms with van der Waals surface area (Å²) in [5.74, 6) is 4.24. The number of nitrogens with two attached hydrogens (primary N) is 4. The van der Waals surface area contributed by atoms with Crippen molar-refractivity contribution in [3.05, 3.63) is 29.3 Å². The summed E-state index contributed by atoms with van der Waals surface area (Å²) in [6.45, 7) is 0.226. The maximum Gasteiger partial charge on any atom is 0.252 e. The normalized spacial score (nSPS) is 11.6. The van der Waals surface area contributed by atoms with E-state index in [1.54, 1.807) is 0 Å². The zero-order valence-corrected chi connectivity index (χ0v) is 13.1. The molecule has 1 atom stereocenters. The van der Waals surface area contributed by atoms with E-state index in [9.17, 15) is 14.4 Å². The molecule has 0 radical (unpaired) electrons. The molecular weight excluding hydrogens is 322 g/mol. The third-order valence-corrected chi connectivity index (χ3v) is 3.84. The van der Waals surface area contributed by atoms with Crippen LogP contribution in [-0.4, -0.2) is 41.9 Å². The van der Waals surface area contributed by atoms with Crippen LogP contribution >= 0.6 is 11.8 Å². The van der Waals surface area contributed by atoms with E-state index in [2.05, 4.69) is 0 Å². The summed E-state index contributed by atoms with van der Waals surface area (Å²) < 4.78 is 5.46. The van der Waals surface area contributed by atoms with Gasteiger partial charge in [-0.25, -0.2) is 5.84 Å². The second-order valence-corrected chi connectivity index (χ2v) is 5.63. The van der Waals surface area contributed by atoms with Crippen molar-refractivity contribution in [2.75, 3.05) is 18.1 Å². The number of rotatable bonds is 9. The van der Waals surface area contributed by atoms with Gasteiger partial charge in [0.05, 0.1) is 18.2 Å². The molecule has 0 fully saturated rings. The standard InChI is InChI=1S/C13H19N5O4S/c14-9(13(21)18-17)6-23-4-3-22-10-5-7(11(15)19)1-2-8(10)12(16)20/h1-2,5,9H,3-4,6,14,17H2,(H2,15,19)(H2,16,20)(H,18,21). The van der Waals surface area contributed by atoms with Gasteiger partial charge in [0.15, 0.2) is 0 Å². The number of hydrogen-bond acceptors (Lipinski definition) is 7. The number of nitrogens with one attached hydrogen (secondary N) is 1. The van der Waals surface area contributed by atoms with Gasteiger partial charge in [0.1, 0.15) is 5.75 Å². The lowest BCUT2D eigenvalue weighted by Crippen LogP contribution is -2.45. The summed E-state index contributed by atoms with van der Waals surface area (Å²) >= 11 is 1.37. The Morgan fingerprint density at radius 1 is 1.22 bits per heavy atom. The third kappa shape index (κ3) is 5.77.